The zero-order valence-electron chi connectivity index (χ0n) is 12.3. The minimum Gasteiger partial charge on any atom is -0.388 e. The lowest BCUT2D eigenvalue weighted by atomic mass is 9.94. The number of benzene rings is 1. The van der Waals surface area contributed by atoms with E-state index in [0.717, 1.165) is 37.2 Å². The maximum Gasteiger partial charge on any atom is 0.222 e. The van der Waals surface area contributed by atoms with Crippen LogP contribution in [0, 0.1) is 5.92 Å². The summed E-state index contributed by atoms with van der Waals surface area (Å²) in [6.45, 7) is 3.72. The summed E-state index contributed by atoms with van der Waals surface area (Å²) in [4.78, 5) is 13.9. The largest absolute Gasteiger partial charge is 0.388 e. The average molecular weight is 276 g/mol. The first-order valence-electron chi connectivity index (χ1n) is 7.40. The van der Waals surface area contributed by atoms with E-state index in [1.165, 1.54) is 0 Å². The van der Waals surface area contributed by atoms with E-state index < -0.39 is 6.10 Å². The van der Waals surface area contributed by atoms with Crippen LogP contribution < -0.4 is 10.2 Å². The Hall–Kier alpha value is -1.55. The molecule has 110 valence electrons. The summed E-state index contributed by atoms with van der Waals surface area (Å²) in [7, 11) is 1.70. The molecule has 0 radical (unpaired) electrons. The third kappa shape index (κ3) is 3.12. The lowest BCUT2D eigenvalue weighted by molar-refractivity contribution is -0.125. The molecule has 1 amide bonds. The number of hydrogen-bond donors (Lipinski definition) is 2. The van der Waals surface area contributed by atoms with Crippen LogP contribution in [0.2, 0.25) is 0 Å². The average Bonchev–Trinajstić information content (AvgIpc) is 2.53. The van der Waals surface area contributed by atoms with Gasteiger partial charge in [0.15, 0.2) is 0 Å². The molecule has 0 aliphatic carbocycles. The summed E-state index contributed by atoms with van der Waals surface area (Å²) < 4.78 is 0. The highest BCUT2D eigenvalue weighted by molar-refractivity contribution is 5.78. The molecule has 1 fully saturated rings. The fraction of sp³-hybridized carbons (Fsp3) is 0.562. The maximum absolute atomic E-state index is 11.7. The van der Waals surface area contributed by atoms with Gasteiger partial charge < -0.3 is 15.3 Å². The van der Waals surface area contributed by atoms with E-state index in [1.807, 2.05) is 25.1 Å². The Morgan fingerprint density at radius 2 is 2.05 bits per heavy atom. The van der Waals surface area contributed by atoms with E-state index in [0.29, 0.717) is 6.42 Å². The zero-order chi connectivity index (χ0) is 14.5. The molecule has 20 heavy (non-hydrogen) atoms. The number of aliphatic hydroxyl groups excluding tert-OH is 1. The van der Waals surface area contributed by atoms with Crippen LogP contribution in [0.3, 0.4) is 0 Å². The number of piperidine rings is 1. The third-order valence-electron chi connectivity index (χ3n) is 4.14. The first kappa shape index (κ1) is 14.9. The van der Waals surface area contributed by atoms with Crippen molar-refractivity contribution in [2.45, 2.75) is 32.3 Å². The molecule has 4 nitrogen and oxygen atoms in total. The third-order valence-corrected chi connectivity index (χ3v) is 4.14. The lowest BCUT2D eigenvalue weighted by Crippen LogP contribution is -2.40. The van der Waals surface area contributed by atoms with Crippen molar-refractivity contribution < 1.29 is 9.90 Å². The van der Waals surface area contributed by atoms with Crippen LogP contribution in [-0.2, 0) is 4.79 Å². The first-order chi connectivity index (χ1) is 9.67. The Morgan fingerprint density at radius 3 is 2.65 bits per heavy atom. The Balaban J connectivity index is 2.09. The summed E-state index contributed by atoms with van der Waals surface area (Å²) >= 11 is 0. The molecule has 1 aliphatic rings. The van der Waals surface area contributed by atoms with Crippen molar-refractivity contribution in [1.82, 2.24) is 5.32 Å². The molecule has 0 spiro atoms. The Bertz CT molecular complexity index is 454. The van der Waals surface area contributed by atoms with Crippen LogP contribution in [0.4, 0.5) is 5.69 Å². The van der Waals surface area contributed by atoms with Crippen molar-refractivity contribution >= 4 is 11.6 Å². The van der Waals surface area contributed by atoms with Gasteiger partial charge in [0, 0.05) is 37.3 Å². The summed E-state index contributed by atoms with van der Waals surface area (Å²) in [5.74, 6) is 0.269. The second-order valence-corrected chi connectivity index (χ2v) is 5.36. The SMILES string of the molecule is CCC(O)c1ccccc1N1CCC(C(=O)NC)CC1. The normalized spacial score (nSPS) is 17.9. The molecule has 0 saturated carbocycles. The van der Waals surface area contributed by atoms with Gasteiger partial charge in [-0.2, -0.15) is 0 Å². The molecule has 1 atom stereocenters. The number of carbonyl (C=O) groups excluding carboxylic acids is 1. The Morgan fingerprint density at radius 1 is 1.40 bits per heavy atom. The van der Waals surface area contributed by atoms with Gasteiger partial charge in [0.1, 0.15) is 0 Å². The highest BCUT2D eigenvalue weighted by Gasteiger charge is 2.25. The van der Waals surface area contributed by atoms with Crippen molar-refractivity contribution in [3.63, 3.8) is 0 Å². The van der Waals surface area contributed by atoms with E-state index in [-0.39, 0.29) is 11.8 Å². The summed E-state index contributed by atoms with van der Waals surface area (Å²) in [6.07, 6.45) is 2.04. The van der Waals surface area contributed by atoms with Crippen LogP contribution in [0.25, 0.3) is 0 Å². The smallest absolute Gasteiger partial charge is 0.222 e. The fourth-order valence-electron chi connectivity index (χ4n) is 2.86. The summed E-state index contributed by atoms with van der Waals surface area (Å²) in [5.41, 5.74) is 2.10. The van der Waals surface area contributed by atoms with E-state index >= 15 is 0 Å². The van der Waals surface area contributed by atoms with Crippen molar-refractivity contribution in [3.8, 4) is 0 Å². The summed E-state index contributed by atoms with van der Waals surface area (Å²) in [5, 5.41) is 12.9. The summed E-state index contributed by atoms with van der Waals surface area (Å²) in [6, 6.07) is 8.03. The molecule has 2 N–H and O–H groups in total. The molecule has 1 aromatic carbocycles. The molecule has 1 aliphatic heterocycles. The van der Waals surface area contributed by atoms with Gasteiger partial charge in [-0.25, -0.2) is 0 Å². The van der Waals surface area contributed by atoms with Crippen LogP contribution in [0.5, 0.6) is 0 Å². The molecule has 0 bridgehead atoms. The van der Waals surface area contributed by atoms with Gasteiger partial charge in [0.05, 0.1) is 6.10 Å². The molecule has 1 aromatic rings. The van der Waals surface area contributed by atoms with Crippen LogP contribution >= 0.6 is 0 Å². The number of nitrogens with one attached hydrogen (secondary N) is 1. The number of rotatable bonds is 4. The molecule has 2 rings (SSSR count). The van der Waals surface area contributed by atoms with Gasteiger partial charge in [-0.05, 0) is 25.3 Å². The monoisotopic (exact) mass is 276 g/mol. The molecule has 4 heteroatoms. The van der Waals surface area contributed by atoms with Crippen molar-refractivity contribution in [3.05, 3.63) is 29.8 Å². The number of aliphatic hydroxyl groups is 1. The number of anilines is 1. The quantitative estimate of drug-likeness (QED) is 0.885. The van der Waals surface area contributed by atoms with Gasteiger partial charge in [0.25, 0.3) is 0 Å². The molecular weight excluding hydrogens is 252 g/mol. The highest BCUT2D eigenvalue weighted by Crippen LogP contribution is 2.31. The van der Waals surface area contributed by atoms with Gasteiger partial charge in [-0.3, -0.25) is 4.79 Å². The molecular formula is C16H24N2O2. The first-order valence-corrected chi connectivity index (χ1v) is 7.40. The van der Waals surface area contributed by atoms with Crippen molar-refractivity contribution in [2.24, 2.45) is 5.92 Å². The maximum atomic E-state index is 11.7. The second-order valence-electron chi connectivity index (χ2n) is 5.36. The minimum atomic E-state index is -0.414. The Kier molecular flexibility index (Phi) is 5.01. The predicted octanol–water partition coefficient (Wildman–Crippen LogP) is 2.09. The van der Waals surface area contributed by atoms with E-state index in [4.69, 9.17) is 0 Å². The second kappa shape index (κ2) is 6.75. The fourth-order valence-corrected chi connectivity index (χ4v) is 2.86. The lowest BCUT2D eigenvalue weighted by Gasteiger charge is -2.34. The van der Waals surface area contributed by atoms with E-state index in [2.05, 4.69) is 16.3 Å². The van der Waals surface area contributed by atoms with Crippen LogP contribution in [0.15, 0.2) is 24.3 Å². The number of nitrogens with zero attached hydrogens (tertiary/aromatic N) is 1. The van der Waals surface area contributed by atoms with Crippen molar-refractivity contribution in [2.75, 3.05) is 25.0 Å². The van der Waals surface area contributed by atoms with E-state index in [9.17, 15) is 9.90 Å². The number of hydrogen-bond acceptors (Lipinski definition) is 3. The van der Waals surface area contributed by atoms with Gasteiger partial charge in [-0.15, -0.1) is 0 Å². The molecule has 1 heterocycles. The van der Waals surface area contributed by atoms with Crippen LogP contribution in [-0.4, -0.2) is 31.2 Å². The topological polar surface area (TPSA) is 52.6 Å². The molecule has 0 aromatic heterocycles. The van der Waals surface area contributed by atoms with Crippen LogP contribution in [0.1, 0.15) is 37.9 Å². The van der Waals surface area contributed by atoms with Gasteiger partial charge in [-0.1, -0.05) is 25.1 Å². The number of para-hydroxylation sites is 1. The zero-order valence-corrected chi connectivity index (χ0v) is 12.3. The standard InChI is InChI=1S/C16H24N2O2/c1-3-15(19)13-6-4-5-7-14(13)18-10-8-12(9-11-18)16(20)17-2/h4-7,12,15,19H,3,8-11H2,1-2H3,(H,17,20). The molecule has 1 unspecified atom stereocenters. The molecule has 1 saturated heterocycles. The minimum absolute atomic E-state index is 0.125. The highest BCUT2D eigenvalue weighted by atomic mass is 16.3. The number of amides is 1. The predicted molar refractivity (Wildman–Crippen MR) is 80.7 cm³/mol. The number of carbonyl (C=O) groups is 1. The van der Waals surface area contributed by atoms with Crippen molar-refractivity contribution in [1.29, 1.82) is 0 Å². The van der Waals surface area contributed by atoms with Gasteiger partial charge >= 0.3 is 0 Å². The van der Waals surface area contributed by atoms with E-state index in [1.54, 1.807) is 7.05 Å². The van der Waals surface area contributed by atoms with Gasteiger partial charge in [0.2, 0.25) is 5.91 Å². The Labute approximate surface area is 120 Å².